The minimum atomic E-state index is -0.856. The van der Waals surface area contributed by atoms with E-state index in [9.17, 15) is 14.4 Å². The molecule has 0 spiro atoms. The standard InChI is InChI=1S/C20H37N5O4/c1-23-11-13-24(14-12-23)15-17-5-4-10-25(17)16-19(27)22-8-2-6-18(26)21-9-3-7-20(28)29/h17H,2-16H2,1H3,(H,21,26)(H,22,27)(H,28,29)/i4+1,5+1,6+1,7+1,10+1,11+1,13+1,15+1,16+1,17+1,19+1,23+1,24+1. The smallest absolute Gasteiger partial charge is 0.303 e. The second-order valence-electron chi connectivity index (χ2n) is 8.17. The van der Waals surface area contributed by atoms with Crippen LogP contribution in [0.2, 0.25) is 0 Å². The molecule has 0 aromatic rings. The number of carboxylic acids is 1. The van der Waals surface area contributed by atoms with Gasteiger partial charge in [0.25, 0.3) is 0 Å². The van der Waals surface area contributed by atoms with Crippen LogP contribution in [0, 0.1) is 0 Å². The number of hydrogen-bond donors (Lipinski definition) is 3. The third-order valence-electron chi connectivity index (χ3n) is 5.70. The van der Waals surface area contributed by atoms with Crippen LogP contribution in [0.15, 0.2) is 0 Å². The van der Waals surface area contributed by atoms with Crippen LogP contribution in [0.3, 0.4) is 0 Å². The van der Waals surface area contributed by atoms with Crippen LogP contribution in [0.1, 0.15) is 38.5 Å². The molecule has 2 rings (SSSR count). The third-order valence-corrected chi connectivity index (χ3v) is 5.70. The van der Waals surface area contributed by atoms with E-state index in [0.717, 1.165) is 52.1 Å². The molecule has 9 heteroatoms. The molecule has 1 atom stereocenters. The Bertz CT molecular complexity index is 537. The van der Waals surface area contributed by atoms with Gasteiger partial charge in [0.2, 0.25) is 11.8 Å². The van der Waals surface area contributed by atoms with Crippen molar-refractivity contribution in [2.24, 2.45) is 0 Å². The first-order chi connectivity index (χ1) is 13.9. The van der Waals surface area contributed by atoms with Crippen molar-refractivity contribution in [3.05, 3.63) is 0 Å². The molecule has 0 aromatic carbocycles. The maximum Gasteiger partial charge on any atom is 0.303 e. The first kappa shape index (κ1) is 23.6. The molecular weight excluding hydrogens is 387 g/mol. The molecule has 9 nitrogen and oxygen atoms in total. The van der Waals surface area contributed by atoms with Gasteiger partial charge in [-0.25, -0.2) is 0 Å². The molecule has 29 heavy (non-hydrogen) atoms. The summed E-state index contributed by atoms with van der Waals surface area (Å²) in [5.41, 5.74) is 0. The Labute approximate surface area is 173 Å². The summed E-state index contributed by atoms with van der Waals surface area (Å²) in [4.78, 5) is 41.5. The zero-order valence-electron chi connectivity index (χ0n) is 17.7. The minimum Gasteiger partial charge on any atom is -0.481 e. The van der Waals surface area contributed by atoms with E-state index in [1.165, 1.54) is 0 Å². The molecule has 2 aliphatic heterocycles. The minimum absolute atomic E-state index is 0.0251. The van der Waals surface area contributed by atoms with Gasteiger partial charge in [0.1, 0.15) is 0 Å². The predicted octanol–water partition coefficient (Wildman–Crippen LogP) is -0.424. The van der Waals surface area contributed by atoms with E-state index in [0.29, 0.717) is 44.9 Å². The van der Waals surface area contributed by atoms with Gasteiger partial charge in [0.05, 0.1) is 6.54 Å². The van der Waals surface area contributed by atoms with E-state index >= 15 is 0 Å². The van der Waals surface area contributed by atoms with Crippen molar-refractivity contribution in [3.8, 4) is 0 Å². The quantitative estimate of drug-likeness (QED) is 0.222. The van der Waals surface area contributed by atoms with Crippen molar-refractivity contribution in [3.63, 3.8) is 0 Å². The van der Waals surface area contributed by atoms with Gasteiger partial charge in [-0.3, -0.25) is 24.2 Å². The molecule has 3 N–H and O–H groups in total. The maximum absolute atomic E-state index is 12.3. The summed E-state index contributed by atoms with van der Waals surface area (Å²) in [6, 6.07) is 0.459. The van der Waals surface area contributed by atoms with Crippen molar-refractivity contribution in [1.82, 2.24) is 25.3 Å². The average molecular weight is 424 g/mol. The van der Waals surface area contributed by atoms with Gasteiger partial charge < -0.3 is 20.6 Å². The van der Waals surface area contributed by atoms with E-state index < -0.39 is 5.97 Å². The highest BCUT2D eigenvalue weighted by atomic mass is 16.4. The van der Waals surface area contributed by atoms with Gasteiger partial charge in [-0.15, -0.1) is 0 Å². The van der Waals surface area contributed by atoms with E-state index in [4.69, 9.17) is 5.11 Å². The number of carbonyl (C=O) groups excluding carboxylic acids is 2. The molecule has 2 saturated heterocycles. The monoisotopic (exact) mass is 424 g/mol. The number of carbonyl (C=O) groups is 3. The zero-order valence-corrected chi connectivity index (χ0v) is 17.7. The van der Waals surface area contributed by atoms with Crippen LogP contribution in [-0.4, -0.2) is 110 Å². The Hall–Kier alpha value is -1.71. The Morgan fingerprint density at radius 3 is 2.28 bits per heavy atom. The van der Waals surface area contributed by atoms with Crippen molar-refractivity contribution < 1.29 is 19.5 Å². The molecule has 2 heterocycles. The van der Waals surface area contributed by atoms with E-state index in [-0.39, 0.29) is 18.2 Å². The number of aliphatic carboxylic acids is 1. The van der Waals surface area contributed by atoms with Gasteiger partial charge in [-0.1, -0.05) is 0 Å². The maximum atomic E-state index is 12.3. The van der Waals surface area contributed by atoms with Crippen LogP contribution in [0.25, 0.3) is 0 Å². The predicted molar refractivity (Wildman–Crippen MR) is 111 cm³/mol. The van der Waals surface area contributed by atoms with Crippen LogP contribution in [0.4, 0.5) is 0 Å². The van der Waals surface area contributed by atoms with E-state index in [1.54, 1.807) is 0 Å². The zero-order chi connectivity index (χ0) is 21.1. The van der Waals surface area contributed by atoms with E-state index in [2.05, 4.69) is 32.4 Å². The molecule has 2 aliphatic rings. The second-order valence-corrected chi connectivity index (χ2v) is 8.17. The molecule has 2 amide bonds. The number of rotatable bonds is 12. The first-order valence-corrected chi connectivity index (χ1v) is 10.8. The highest BCUT2D eigenvalue weighted by molar-refractivity contribution is 5.78. The molecular formula is C20H37N5O4. The Morgan fingerprint density at radius 2 is 1.59 bits per heavy atom. The van der Waals surface area contributed by atoms with Gasteiger partial charge in [-0.05, 0) is 39.3 Å². The number of carboxylic acid groups (broad SMARTS) is 1. The van der Waals surface area contributed by atoms with Gasteiger partial charge in [0, 0.05) is 64.7 Å². The first-order valence-electron chi connectivity index (χ1n) is 10.8. The van der Waals surface area contributed by atoms with Crippen molar-refractivity contribution >= 4 is 17.8 Å². The molecule has 0 aromatic heterocycles. The number of nitrogens with one attached hydrogen (secondary N) is 2. The normalized spacial score (nSPS) is 21.2. The summed E-state index contributed by atoms with van der Waals surface area (Å²) in [6.45, 7) is 7.74. The fraction of sp³-hybridized carbons (Fsp3) is 0.850. The molecule has 0 radical (unpaired) electrons. The Morgan fingerprint density at radius 1 is 0.931 bits per heavy atom. The highest BCUT2D eigenvalue weighted by Gasteiger charge is 2.28. The SMILES string of the molecule is C[15N]1CC[15N]([13CH2][13CH]2[13CH2][13CH2][13CH2]N2[13CH2][13C](=O)NCC[13CH2]C(=O)NCC[13CH2]C(=O)O)[13CH2][13CH2]1. The Balaban J connectivity index is 1.55. The summed E-state index contributed by atoms with van der Waals surface area (Å²) < 4.78 is 0. The third kappa shape index (κ3) is 9.56. The molecule has 1 unspecified atom stereocenters. The summed E-state index contributed by atoms with van der Waals surface area (Å²) >= 11 is 0. The van der Waals surface area contributed by atoms with Crippen LogP contribution >= 0.6 is 0 Å². The molecule has 0 saturated carbocycles. The van der Waals surface area contributed by atoms with E-state index in [1.807, 2.05) is 0 Å². The number of piperazine rings is 1. The van der Waals surface area contributed by atoms with Gasteiger partial charge in [0.15, 0.2) is 0 Å². The number of nitrogens with zero attached hydrogens (tertiary/aromatic N) is 3. The van der Waals surface area contributed by atoms with Gasteiger partial charge in [-0.2, -0.15) is 0 Å². The number of likely N-dealkylation sites (N-methyl/N-ethyl adjacent to an activating group) is 1. The number of likely N-dealkylation sites (tertiary alicyclic amines) is 1. The molecule has 2 fully saturated rings. The molecule has 166 valence electrons. The summed E-state index contributed by atoms with van der Waals surface area (Å²) in [6.07, 6.45) is 3.71. The fourth-order valence-corrected chi connectivity index (χ4v) is 3.91. The van der Waals surface area contributed by atoms with Crippen LogP contribution in [-0.2, 0) is 14.4 Å². The van der Waals surface area contributed by atoms with Gasteiger partial charge >= 0.3 is 5.97 Å². The molecule has 0 bridgehead atoms. The summed E-state index contributed by atoms with van der Waals surface area (Å²) in [7, 11) is 2.16. The second kappa shape index (κ2) is 12.8. The van der Waals surface area contributed by atoms with Crippen molar-refractivity contribution in [1.29, 1.82) is 0 Å². The highest BCUT2D eigenvalue weighted by Crippen LogP contribution is 2.18. The van der Waals surface area contributed by atoms with Crippen LogP contribution in [0.5, 0.6) is 0 Å². The fourth-order valence-electron chi connectivity index (χ4n) is 3.91. The Kier molecular flexibility index (Phi) is 10.4. The lowest BCUT2D eigenvalue weighted by molar-refractivity contribution is -0.137. The summed E-state index contributed by atoms with van der Waals surface area (Å²) in [5.74, 6) is -0.931. The molecule has 0 aliphatic carbocycles. The van der Waals surface area contributed by atoms with Crippen LogP contribution < -0.4 is 10.6 Å². The lowest BCUT2D eigenvalue weighted by Gasteiger charge is -2.36. The summed E-state index contributed by atoms with van der Waals surface area (Å²) in [5, 5.41) is 14.2. The topological polar surface area (TPSA) is 105 Å². The lowest BCUT2D eigenvalue weighted by atomic mass is 10.5. The van der Waals surface area contributed by atoms with Crippen molar-refractivity contribution in [2.75, 3.05) is 66.0 Å². The lowest BCUT2D eigenvalue weighted by Crippen LogP contribution is -2.50. The van der Waals surface area contributed by atoms with Crippen molar-refractivity contribution in [2.45, 2.75) is 44.6 Å². The number of hydrogen-bond acceptors (Lipinski definition) is 6. The largest absolute Gasteiger partial charge is 0.481 e. The number of amides is 2. The average Bonchev–Trinajstić information content (AvgIpc) is 3.10.